The molecule has 2 aliphatic heterocycles. The van der Waals surface area contributed by atoms with Crippen LogP contribution in [0.4, 0.5) is 5.82 Å². The van der Waals surface area contributed by atoms with Gasteiger partial charge in [-0.1, -0.05) is 6.92 Å². The van der Waals surface area contributed by atoms with E-state index in [9.17, 15) is 9.59 Å². The molecule has 0 spiro atoms. The molecule has 1 N–H and O–H groups in total. The molecular weight excluding hydrogens is 306 g/mol. The van der Waals surface area contributed by atoms with Gasteiger partial charge in [-0.15, -0.1) is 0 Å². The highest BCUT2D eigenvalue weighted by Crippen LogP contribution is 2.25. The zero-order valence-electron chi connectivity index (χ0n) is 14.6. The number of carbonyl (C=O) groups is 2. The first-order valence-electron chi connectivity index (χ1n) is 8.96. The Labute approximate surface area is 143 Å². The molecule has 0 saturated carbocycles. The van der Waals surface area contributed by atoms with Crippen LogP contribution in [0.3, 0.4) is 0 Å². The van der Waals surface area contributed by atoms with Gasteiger partial charge in [0.1, 0.15) is 11.9 Å². The molecule has 0 radical (unpaired) electrons. The molecule has 0 bridgehead atoms. The van der Waals surface area contributed by atoms with Gasteiger partial charge < -0.3 is 10.2 Å². The molecule has 24 heavy (non-hydrogen) atoms. The SMILES string of the molecule is CC[C@@H](C(=O)NCCN1CCCC1)N1C(=O)CCn2nc(C)cc21. The highest BCUT2D eigenvalue weighted by molar-refractivity contribution is 6.00. The molecule has 0 unspecified atom stereocenters. The van der Waals surface area contributed by atoms with Crippen molar-refractivity contribution in [3.8, 4) is 0 Å². The van der Waals surface area contributed by atoms with Crippen LogP contribution in [-0.2, 0) is 16.1 Å². The predicted molar refractivity (Wildman–Crippen MR) is 91.8 cm³/mol. The number of nitrogens with one attached hydrogen (secondary N) is 1. The van der Waals surface area contributed by atoms with Crippen molar-refractivity contribution in [2.24, 2.45) is 0 Å². The summed E-state index contributed by atoms with van der Waals surface area (Å²) in [6.45, 7) is 8.20. The molecule has 0 aliphatic carbocycles. The zero-order chi connectivity index (χ0) is 17.1. The minimum atomic E-state index is -0.466. The van der Waals surface area contributed by atoms with Crippen LogP contribution < -0.4 is 10.2 Å². The summed E-state index contributed by atoms with van der Waals surface area (Å²) in [4.78, 5) is 29.1. The lowest BCUT2D eigenvalue weighted by Gasteiger charge is -2.33. The number of hydrogen-bond acceptors (Lipinski definition) is 4. The number of aromatic nitrogens is 2. The van der Waals surface area contributed by atoms with Crippen LogP contribution in [0.25, 0.3) is 0 Å². The van der Waals surface area contributed by atoms with Gasteiger partial charge in [0.15, 0.2) is 0 Å². The first kappa shape index (κ1) is 17.0. The van der Waals surface area contributed by atoms with Gasteiger partial charge in [-0.2, -0.15) is 5.10 Å². The molecule has 7 heteroatoms. The topological polar surface area (TPSA) is 70.5 Å². The van der Waals surface area contributed by atoms with Crippen molar-refractivity contribution in [3.05, 3.63) is 11.8 Å². The lowest BCUT2D eigenvalue weighted by molar-refractivity contribution is -0.127. The third-order valence-electron chi connectivity index (χ3n) is 4.86. The second-order valence-corrected chi connectivity index (χ2v) is 6.64. The Bertz CT molecular complexity index is 606. The van der Waals surface area contributed by atoms with E-state index in [1.54, 1.807) is 4.90 Å². The van der Waals surface area contributed by atoms with E-state index in [4.69, 9.17) is 0 Å². The number of likely N-dealkylation sites (tertiary alicyclic amines) is 1. The summed E-state index contributed by atoms with van der Waals surface area (Å²) in [5, 5.41) is 7.42. The second kappa shape index (κ2) is 7.34. The van der Waals surface area contributed by atoms with Gasteiger partial charge in [0.05, 0.1) is 12.2 Å². The van der Waals surface area contributed by atoms with Gasteiger partial charge in [-0.25, -0.2) is 4.68 Å². The standard InChI is InChI=1S/C17H27N5O2/c1-3-14(17(24)18-7-11-20-8-4-5-9-20)22-15-12-13(2)19-21(15)10-6-16(22)23/h12,14H,3-11H2,1-2H3,(H,18,24)/t14-/m0/s1. The van der Waals surface area contributed by atoms with E-state index in [1.165, 1.54) is 12.8 Å². The number of fused-ring (bicyclic) bond motifs is 1. The molecular formula is C17H27N5O2. The number of carbonyl (C=O) groups excluding carboxylic acids is 2. The lowest BCUT2D eigenvalue weighted by atomic mass is 10.1. The van der Waals surface area contributed by atoms with Crippen molar-refractivity contribution in [2.75, 3.05) is 31.1 Å². The first-order valence-corrected chi connectivity index (χ1v) is 8.96. The summed E-state index contributed by atoms with van der Waals surface area (Å²) in [6, 6.07) is 1.42. The number of nitrogens with zero attached hydrogens (tertiary/aromatic N) is 4. The number of hydrogen-bond donors (Lipinski definition) is 1. The van der Waals surface area contributed by atoms with E-state index in [-0.39, 0.29) is 11.8 Å². The van der Waals surface area contributed by atoms with Crippen molar-refractivity contribution in [1.29, 1.82) is 0 Å². The minimum absolute atomic E-state index is 0.00365. The Kier molecular flexibility index (Phi) is 5.18. The van der Waals surface area contributed by atoms with Crippen molar-refractivity contribution in [1.82, 2.24) is 20.0 Å². The summed E-state index contributed by atoms with van der Waals surface area (Å²) in [5.41, 5.74) is 0.869. The number of rotatable bonds is 6. The third kappa shape index (κ3) is 3.45. The van der Waals surface area contributed by atoms with Crippen LogP contribution in [0.1, 0.15) is 38.3 Å². The quantitative estimate of drug-likeness (QED) is 0.840. The second-order valence-electron chi connectivity index (χ2n) is 6.64. The Morgan fingerprint density at radius 2 is 2.08 bits per heavy atom. The average molecular weight is 333 g/mol. The van der Waals surface area contributed by atoms with E-state index in [0.29, 0.717) is 25.9 Å². The van der Waals surface area contributed by atoms with Gasteiger partial charge in [-0.3, -0.25) is 14.5 Å². The van der Waals surface area contributed by atoms with Crippen molar-refractivity contribution < 1.29 is 9.59 Å². The van der Waals surface area contributed by atoms with Crippen molar-refractivity contribution in [3.63, 3.8) is 0 Å². The summed E-state index contributed by atoms with van der Waals surface area (Å²) >= 11 is 0. The smallest absolute Gasteiger partial charge is 0.243 e. The molecule has 7 nitrogen and oxygen atoms in total. The van der Waals surface area contributed by atoms with Crippen LogP contribution in [0.5, 0.6) is 0 Å². The maximum absolute atomic E-state index is 12.7. The number of aryl methyl sites for hydroxylation is 2. The fourth-order valence-electron chi connectivity index (χ4n) is 3.62. The van der Waals surface area contributed by atoms with E-state index >= 15 is 0 Å². The number of amides is 2. The monoisotopic (exact) mass is 333 g/mol. The average Bonchev–Trinajstić information content (AvgIpc) is 3.19. The van der Waals surface area contributed by atoms with Gasteiger partial charge in [0.2, 0.25) is 11.8 Å². The minimum Gasteiger partial charge on any atom is -0.353 e. The maximum atomic E-state index is 12.7. The summed E-state index contributed by atoms with van der Waals surface area (Å²) < 4.78 is 1.83. The van der Waals surface area contributed by atoms with E-state index in [2.05, 4.69) is 15.3 Å². The Hall–Kier alpha value is -1.89. The normalized spacial score (nSPS) is 19.4. The Morgan fingerprint density at radius 3 is 2.79 bits per heavy atom. The zero-order valence-corrected chi connectivity index (χ0v) is 14.6. The van der Waals surface area contributed by atoms with E-state index in [0.717, 1.165) is 31.1 Å². The van der Waals surface area contributed by atoms with Gasteiger partial charge in [0.25, 0.3) is 0 Å². The summed E-state index contributed by atoms with van der Waals surface area (Å²) in [6.07, 6.45) is 3.48. The molecule has 1 aromatic rings. The Morgan fingerprint density at radius 1 is 1.33 bits per heavy atom. The highest BCUT2D eigenvalue weighted by Gasteiger charge is 2.34. The summed E-state index contributed by atoms with van der Waals surface area (Å²) in [7, 11) is 0. The fraction of sp³-hybridized carbons (Fsp3) is 0.706. The number of anilines is 1. The van der Waals surface area contributed by atoms with Crippen LogP contribution in [0.2, 0.25) is 0 Å². The molecule has 132 valence electrons. The van der Waals surface area contributed by atoms with Crippen LogP contribution >= 0.6 is 0 Å². The van der Waals surface area contributed by atoms with Gasteiger partial charge in [-0.05, 0) is 39.3 Å². The molecule has 1 atom stereocenters. The molecule has 3 heterocycles. The molecule has 1 fully saturated rings. The molecule has 3 rings (SSSR count). The van der Waals surface area contributed by atoms with Crippen LogP contribution in [-0.4, -0.2) is 58.7 Å². The van der Waals surface area contributed by atoms with E-state index < -0.39 is 6.04 Å². The molecule has 1 aromatic heterocycles. The molecule has 0 aromatic carbocycles. The maximum Gasteiger partial charge on any atom is 0.243 e. The van der Waals surface area contributed by atoms with Crippen molar-refractivity contribution in [2.45, 2.75) is 52.1 Å². The molecule has 1 saturated heterocycles. The first-order chi connectivity index (χ1) is 11.6. The predicted octanol–water partition coefficient (Wildman–Crippen LogP) is 0.919. The molecule has 2 aliphatic rings. The third-order valence-corrected chi connectivity index (χ3v) is 4.86. The van der Waals surface area contributed by atoms with Gasteiger partial charge in [0, 0.05) is 25.6 Å². The van der Waals surface area contributed by atoms with Gasteiger partial charge >= 0.3 is 0 Å². The largest absolute Gasteiger partial charge is 0.353 e. The molecule has 2 amide bonds. The lowest BCUT2D eigenvalue weighted by Crippen LogP contribution is -2.52. The van der Waals surface area contributed by atoms with Crippen LogP contribution in [0, 0.1) is 6.92 Å². The fourth-order valence-corrected chi connectivity index (χ4v) is 3.62. The highest BCUT2D eigenvalue weighted by atomic mass is 16.2. The summed E-state index contributed by atoms with van der Waals surface area (Å²) in [5.74, 6) is 0.673. The van der Waals surface area contributed by atoms with E-state index in [1.807, 2.05) is 24.6 Å². The van der Waals surface area contributed by atoms with Crippen LogP contribution in [0.15, 0.2) is 6.07 Å². The Balaban J connectivity index is 1.65. The van der Waals surface area contributed by atoms with Crippen molar-refractivity contribution >= 4 is 17.6 Å².